The summed E-state index contributed by atoms with van der Waals surface area (Å²) in [6.45, 7) is 2.39. The lowest BCUT2D eigenvalue weighted by atomic mass is 9.92. The largest absolute Gasteiger partial charge is 0.493 e. The first-order chi connectivity index (χ1) is 12.8. The molecule has 1 unspecified atom stereocenters. The van der Waals surface area contributed by atoms with E-state index in [2.05, 4.69) is 22.1 Å². The minimum absolute atomic E-state index is 0.0218. The highest BCUT2D eigenvalue weighted by atomic mass is 16.5. The molecule has 0 radical (unpaired) electrons. The summed E-state index contributed by atoms with van der Waals surface area (Å²) in [5, 5.41) is 0. The first-order valence-electron chi connectivity index (χ1n) is 9.60. The third-order valence-electron chi connectivity index (χ3n) is 5.31. The second-order valence-electron chi connectivity index (χ2n) is 7.27. The van der Waals surface area contributed by atoms with E-state index in [1.165, 1.54) is 12.0 Å². The molecular weight excluding hydrogens is 326 g/mol. The zero-order valence-electron chi connectivity index (χ0n) is 15.1. The van der Waals surface area contributed by atoms with Gasteiger partial charge in [-0.15, -0.1) is 0 Å². The minimum atomic E-state index is 0.0218. The highest BCUT2D eigenvalue weighted by Gasteiger charge is 2.22. The van der Waals surface area contributed by atoms with E-state index < -0.39 is 0 Å². The second kappa shape index (κ2) is 7.85. The van der Waals surface area contributed by atoms with Crippen LogP contribution in [-0.4, -0.2) is 40.5 Å². The van der Waals surface area contributed by atoms with Gasteiger partial charge in [-0.2, -0.15) is 0 Å². The number of piperidine rings is 1. The van der Waals surface area contributed by atoms with Crippen LogP contribution in [0.25, 0.3) is 0 Å². The zero-order valence-corrected chi connectivity index (χ0v) is 15.1. The summed E-state index contributed by atoms with van der Waals surface area (Å²) in [5.74, 6) is 1.47. The molecule has 1 aromatic heterocycles. The van der Waals surface area contributed by atoms with Gasteiger partial charge in [0.1, 0.15) is 11.4 Å². The van der Waals surface area contributed by atoms with Gasteiger partial charge in [-0.1, -0.05) is 18.2 Å². The number of hydrogen-bond donors (Lipinski definition) is 0. The minimum Gasteiger partial charge on any atom is -0.493 e. The number of aromatic nitrogens is 2. The van der Waals surface area contributed by atoms with Gasteiger partial charge in [-0.3, -0.25) is 9.78 Å². The summed E-state index contributed by atoms with van der Waals surface area (Å²) in [7, 11) is 0. The van der Waals surface area contributed by atoms with E-state index in [0.29, 0.717) is 11.6 Å². The van der Waals surface area contributed by atoms with Gasteiger partial charge in [0.2, 0.25) is 0 Å². The van der Waals surface area contributed by atoms with Gasteiger partial charge in [0.25, 0.3) is 5.91 Å². The van der Waals surface area contributed by atoms with Crippen LogP contribution in [0.3, 0.4) is 0 Å². The summed E-state index contributed by atoms with van der Waals surface area (Å²) in [4.78, 5) is 23.5. The molecule has 2 aromatic rings. The lowest BCUT2D eigenvalue weighted by Crippen LogP contribution is -2.36. The van der Waals surface area contributed by atoms with Crippen LogP contribution in [0, 0.1) is 5.92 Å². The summed E-state index contributed by atoms with van der Waals surface area (Å²) >= 11 is 0. The summed E-state index contributed by atoms with van der Waals surface area (Å²) in [6.07, 6.45) is 9.56. The maximum Gasteiger partial charge on any atom is 0.274 e. The number of likely N-dealkylation sites (tertiary alicyclic amines) is 1. The van der Waals surface area contributed by atoms with Crippen LogP contribution in [0.5, 0.6) is 5.75 Å². The summed E-state index contributed by atoms with van der Waals surface area (Å²) in [6, 6.07) is 8.24. The number of ether oxygens (including phenoxy) is 1. The Morgan fingerprint density at radius 2 is 2.00 bits per heavy atom. The van der Waals surface area contributed by atoms with Crippen molar-refractivity contribution in [3.63, 3.8) is 0 Å². The van der Waals surface area contributed by atoms with Crippen molar-refractivity contribution in [1.82, 2.24) is 14.9 Å². The molecule has 0 saturated carbocycles. The van der Waals surface area contributed by atoms with Crippen LogP contribution < -0.4 is 4.74 Å². The van der Waals surface area contributed by atoms with Crippen LogP contribution in [-0.2, 0) is 12.8 Å². The van der Waals surface area contributed by atoms with Crippen molar-refractivity contribution in [3.8, 4) is 5.75 Å². The second-order valence-corrected chi connectivity index (χ2v) is 7.27. The number of fused-ring (bicyclic) bond motifs is 1. The van der Waals surface area contributed by atoms with Crippen LogP contribution in [0.2, 0.25) is 0 Å². The lowest BCUT2D eigenvalue weighted by molar-refractivity contribution is 0.0717. The Bertz CT molecular complexity index is 771. The van der Waals surface area contributed by atoms with E-state index >= 15 is 0 Å². The molecule has 1 aromatic carbocycles. The number of carbonyl (C=O) groups is 1. The van der Waals surface area contributed by atoms with Gasteiger partial charge >= 0.3 is 0 Å². The van der Waals surface area contributed by atoms with E-state index in [9.17, 15) is 4.79 Å². The predicted molar refractivity (Wildman–Crippen MR) is 99.2 cm³/mol. The Hall–Kier alpha value is -2.43. The third-order valence-corrected chi connectivity index (χ3v) is 5.31. The van der Waals surface area contributed by atoms with Crippen molar-refractivity contribution in [2.45, 2.75) is 38.5 Å². The molecule has 0 N–H and O–H groups in total. The standard InChI is InChI=1S/C21H25N3O2/c25-21(24-9-4-1-5-10-24)19-15-22-14-18(23-19)13-16-8-11-26-20-7-3-2-6-17(20)12-16/h2-3,6-7,14-16H,1,4-5,8-13H2. The van der Waals surface area contributed by atoms with E-state index in [1.54, 1.807) is 12.4 Å². The molecule has 5 nitrogen and oxygen atoms in total. The fraction of sp³-hybridized carbons (Fsp3) is 0.476. The smallest absolute Gasteiger partial charge is 0.274 e. The number of amides is 1. The molecule has 2 aliphatic rings. The molecule has 0 bridgehead atoms. The molecule has 26 heavy (non-hydrogen) atoms. The molecule has 136 valence electrons. The molecule has 4 rings (SSSR count). The van der Waals surface area contributed by atoms with Crippen LogP contribution >= 0.6 is 0 Å². The van der Waals surface area contributed by atoms with Gasteiger partial charge in [0, 0.05) is 19.3 Å². The Balaban J connectivity index is 1.46. The number of carbonyl (C=O) groups excluding carboxylic acids is 1. The lowest BCUT2D eigenvalue weighted by Gasteiger charge is -2.26. The fourth-order valence-electron chi connectivity index (χ4n) is 3.90. The van der Waals surface area contributed by atoms with Gasteiger partial charge < -0.3 is 9.64 Å². The van der Waals surface area contributed by atoms with Crippen molar-refractivity contribution < 1.29 is 9.53 Å². The van der Waals surface area contributed by atoms with Crippen molar-refractivity contribution in [2.24, 2.45) is 5.92 Å². The Morgan fingerprint density at radius 1 is 1.15 bits per heavy atom. The Kier molecular flexibility index (Phi) is 5.14. The number of para-hydroxylation sites is 1. The average molecular weight is 351 g/mol. The molecule has 0 aliphatic carbocycles. The van der Waals surface area contributed by atoms with E-state index in [4.69, 9.17) is 4.74 Å². The normalized spacial score (nSPS) is 20.0. The van der Waals surface area contributed by atoms with Crippen molar-refractivity contribution >= 4 is 5.91 Å². The molecule has 1 fully saturated rings. The number of rotatable bonds is 3. The number of hydrogen-bond acceptors (Lipinski definition) is 4. The van der Waals surface area contributed by atoms with Gasteiger partial charge in [-0.25, -0.2) is 4.98 Å². The maximum atomic E-state index is 12.7. The third kappa shape index (κ3) is 3.87. The van der Waals surface area contributed by atoms with Crippen molar-refractivity contribution in [1.29, 1.82) is 0 Å². The molecule has 2 aliphatic heterocycles. The summed E-state index contributed by atoms with van der Waals surface area (Å²) in [5.41, 5.74) is 2.63. The van der Waals surface area contributed by atoms with E-state index in [-0.39, 0.29) is 5.91 Å². The molecule has 1 amide bonds. The van der Waals surface area contributed by atoms with Crippen LogP contribution in [0.4, 0.5) is 0 Å². The highest BCUT2D eigenvalue weighted by molar-refractivity contribution is 5.92. The first kappa shape index (κ1) is 17.0. The molecule has 3 heterocycles. The van der Waals surface area contributed by atoms with Gasteiger partial charge in [0.05, 0.1) is 18.5 Å². The Morgan fingerprint density at radius 3 is 2.88 bits per heavy atom. The number of nitrogens with zero attached hydrogens (tertiary/aromatic N) is 3. The first-order valence-corrected chi connectivity index (χ1v) is 9.60. The zero-order chi connectivity index (χ0) is 17.8. The monoisotopic (exact) mass is 351 g/mol. The van der Waals surface area contributed by atoms with Crippen LogP contribution in [0.1, 0.15) is 47.4 Å². The molecular formula is C21H25N3O2. The molecule has 5 heteroatoms. The topological polar surface area (TPSA) is 55.3 Å². The van der Waals surface area contributed by atoms with Gasteiger partial charge in [-0.05, 0) is 56.1 Å². The van der Waals surface area contributed by atoms with Crippen molar-refractivity contribution in [3.05, 3.63) is 53.6 Å². The fourth-order valence-corrected chi connectivity index (χ4v) is 3.90. The quantitative estimate of drug-likeness (QED) is 0.851. The summed E-state index contributed by atoms with van der Waals surface area (Å²) < 4.78 is 5.86. The van der Waals surface area contributed by atoms with Gasteiger partial charge in [0.15, 0.2) is 0 Å². The Labute approximate surface area is 154 Å². The highest BCUT2D eigenvalue weighted by Crippen LogP contribution is 2.28. The maximum absolute atomic E-state index is 12.7. The van der Waals surface area contributed by atoms with Crippen molar-refractivity contribution in [2.75, 3.05) is 19.7 Å². The van der Waals surface area contributed by atoms with E-state index in [1.807, 2.05) is 17.0 Å². The predicted octanol–water partition coefficient (Wildman–Crippen LogP) is 3.29. The molecule has 1 saturated heterocycles. The number of benzene rings is 1. The SMILES string of the molecule is O=C(c1cncc(CC2CCOc3ccccc3C2)n1)N1CCCCC1. The average Bonchev–Trinajstić information content (AvgIpc) is 2.90. The molecule has 0 spiro atoms. The van der Waals surface area contributed by atoms with E-state index in [0.717, 1.165) is 63.2 Å². The van der Waals surface area contributed by atoms with Crippen LogP contribution in [0.15, 0.2) is 36.7 Å². The molecule has 1 atom stereocenters.